The smallest absolute Gasteiger partial charge is 0.292 e. The summed E-state index contributed by atoms with van der Waals surface area (Å²) in [6, 6.07) is 3.75. The number of aromatic amines is 1. The number of aliphatic hydroxyl groups excluding tert-OH is 1. The van der Waals surface area contributed by atoms with E-state index in [1.54, 1.807) is 26.0 Å². The Balaban J connectivity index is 1.62. The molecule has 2 N–H and O–H groups in total. The van der Waals surface area contributed by atoms with Crippen molar-refractivity contribution in [3.63, 3.8) is 0 Å². The van der Waals surface area contributed by atoms with Crippen LogP contribution >= 0.6 is 11.3 Å². The summed E-state index contributed by atoms with van der Waals surface area (Å²) < 4.78 is 48.1. The fraction of sp³-hybridized carbons (Fsp3) is 0.364. The van der Waals surface area contributed by atoms with Crippen LogP contribution in [0.2, 0.25) is 0 Å². The van der Waals surface area contributed by atoms with Crippen LogP contribution in [0.5, 0.6) is 0 Å². The summed E-state index contributed by atoms with van der Waals surface area (Å²) in [7, 11) is 0. The monoisotopic (exact) mass is 491 g/mol. The highest BCUT2D eigenvalue weighted by Gasteiger charge is 2.41. The third-order valence-corrected chi connectivity index (χ3v) is 6.91. The molecule has 0 fully saturated rings. The quantitative estimate of drug-likeness (QED) is 0.434. The van der Waals surface area contributed by atoms with Gasteiger partial charge in [0.2, 0.25) is 11.7 Å². The lowest BCUT2D eigenvalue weighted by atomic mass is 9.95. The zero-order valence-corrected chi connectivity index (χ0v) is 19.0. The maximum absolute atomic E-state index is 14.3. The van der Waals surface area contributed by atoms with E-state index in [1.165, 1.54) is 28.6 Å². The zero-order chi connectivity index (χ0) is 24.2. The second-order valence-corrected chi connectivity index (χ2v) is 9.69. The summed E-state index contributed by atoms with van der Waals surface area (Å²) in [4.78, 5) is 30.6. The first-order valence-electron chi connectivity index (χ1n) is 10.5. The van der Waals surface area contributed by atoms with Gasteiger partial charge in [-0.1, -0.05) is 6.07 Å². The van der Waals surface area contributed by atoms with Gasteiger partial charge in [0.1, 0.15) is 22.4 Å². The van der Waals surface area contributed by atoms with Crippen LogP contribution in [0.15, 0.2) is 28.9 Å². The van der Waals surface area contributed by atoms with Gasteiger partial charge < -0.3 is 19.4 Å². The number of alkyl halides is 2. The predicted molar refractivity (Wildman–Crippen MR) is 116 cm³/mol. The van der Waals surface area contributed by atoms with Gasteiger partial charge in [-0.15, -0.1) is 11.3 Å². The Kier molecular flexibility index (Phi) is 5.44. The van der Waals surface area contributed by atoms with Gasteiger partial charge in [-0.3, -0.25) is 4.79 Å². The minimum atomic E-state index is -3.06. The zero-order valence-electron chi connectivity index (χ0n) is 18.2. The summed E-state index contributed by atoms with van der Waals surface area (Å²) in [5.41, 5.74) is -0.403. The SMILES string of the molecule is CC(C)(CO)c1nc(C(F)F)c(C(=O)N2CCc3[nH]cnc3[C@H]2c2nc3c(F)cccc3s2)o1. The fourth-order valence-electron chi connectivity index (χ4n) is 3.92. The number of hydrogen-bond acceptors (Lipinski definition) is 7. The Morgan fingerprint density at radius 3 is 2.88 bits per heavy atom. The largest absolute Gasteiger partial charge is 0.434 e. The molecule has 1 aliphatic rings. The number of fused-ring (bicyclic) bond motifs is 2. The molecule has 3 aromatic heterocycles. The molecule has 0 bridgehead atoms. The number of thiazole rings is 1. The lowest BCUT2D eigenvalue weighted by Crippen LogP contribution is -2.41. The summed E-state index contributed by atoms with van der Waals surface area (Å²) >= 11 is 1.20. The molecule has 34 heavy (non-hydrogen) atoms. The number of halogens is 3. The number of aliphatic hydroxyl groups is 1. The molecule has 0 saturated heterocycles. The van der Waals surface area contributed by atoms with E-state index in [0.29, 0.717) is 21.8 Å². The highest BCUT2D eigenvalue weighted by Crippen LogP contribution is 2.40. The van der Waals surface area contributed by atoms with Gasteiger partial charge >= 0.3 is 0 Å². The highest BCUT2D eigenvalue weighted by molar-refractivity contribution is 7.18. The summed E-state index contributed by atoms with van der Waals surface area (Å²) in [6.45, 7) is 2.89. The van der Waals surface area contributed by atoms with Crippen LogP contribution in [0.3, 0.4) is 0 Å². The summed E-state index contributed by atoms with van der Waals surface area (Å²) in [5.74, 6) is -2.06. The molecule has 8 nitrogen and oxygen atoms in total. The average Bonchev–Trinajstić information content (AvgIpc) is 3.55. The van der Waals surface area contributed by atoms with Crippen molar-refractivity contribution in [2.45, 2.75) is 38.2 Å². The normalized spacial score (nSPS) is 16.4. The van der Waals surface area contributed by atoms with E-state index >= 15 is 0 Å². The molecular weight excluding hydrogens is 471 g/mol. The van der Waals surface area contributed by atoms with Gasteiger partial charge in [0.25, 0.3) is 12.3 Å². The molecule has 1 aromatic carbocycles. The van der Waals surface area contributed by atoms with Gasteiger partial charge in [-0.05, 0) is 26.0 Å². The lowest BCUT2D eigenvalue weighted by molar-refractivity contribution is 0.0637. The predicted octanol–water partition coefficient (Wildman–Crippen LogP) is 4.14. The first kappa shape index (κ1) is 22.5. The van der Waals surface area contributed by atoms with Crippen molar-refractivity contribution in [3.8, 4) is 0 Å². The second-order valence-electron chi connectivity index (χ2n) is 8.63. The van der Waals surface area contributed by atoms with Crippen molar-refractivity contribution in [1.29, 1.82) is 0 Å². The van der Waals surface area contributed by atoms with Gasteiger partial charge in [-0.25, -0.2) is 28.1 Å². The Bertz CT molecular complexity index is 1380. The molecule has 1 amide bonds. The molecule has 4 aromatic rings. The molecule has 178 valence electrons. The van der Waals surface area contributed by atoms with E-state index in [0.717, 1.165) is 5.69 Å². The molecule has 1 atom stereocenters. The lowest BCUT2D eigenvalue weighted by Gasteiger charge is -2.33. The molecule has 0 saturated carbocycles. The average molecular weight is 491 g/mol. The number of carbonyl (C=O) groups is 1. The number of nitrogens with one attached hydrogen (secondary N) is 1. The number of benzene rings is 1. The van der Waals surface area contributed by atoms with E-state index in [4.69, 9.17) is 4.42 Å². The summed E-state index contributed by atoms with van der Waals surface area (Å²) in [5, 5.41) is 10.0. The Morgan fingerprint density at radius 1 is 1.38 bits per heavy atom. The molecule has 0 radical (unpaired) electrons. The number of H-pyrrole nitrogens is 1. The maximum Gasteiger partial charge on any atom is 0.292 e. The van der Waals surface area contributed by atoms with Gasteiger partial charge in [-0.2, -0.15) is 0 Å². The van der Waals surface area contributed by atoms with E-state index in [-0.39, 0.29) is 18.0 Å². The van der Waals surface area contributed by atoms with Crippen LogP contribution in [0.4, 0.5) is 13.2 Å². The van der Waals surface area contributed by atoms with Gasteiger partial charge in [0.05, 0.1) is 28.7 Å². The maximum atomic E-state index is 14.3. The minimum Gasteiger partial charge on any atom is -0.434 e. The third-order valence-electron chi connectivity index (χ3n) is 5.83. The Hall–Kier alpha value is -3.25. The summed E-state index contributed by atoms with van der Waals surface area (Å²) in [6.07, 6.45) is -1.17. The van der Waals surface area contributed by atoms with Crippen LogP contribution in [0, 0.1) is 5.82 Å². The Labute approximate surface area is 195 Å². The van der Waals surface area contributed by atoms with Crippen LogP contribution < -0.4 is 0 Å². The van der Waals surface area contributed by atoms with E-state index < -0.39 is 47.7 Å². The van der Waals surface area contributed by atoms with E-state index in [1.807, 2.05) is 0 Å². The first-order chi connectivity index (χ1) is 16.2. The number of rotatable bonds is 5. The fourth-order valence-corrected chi connectivity index (χ4v) is 5.01. The van der Waals surface area contributed by atoms with Crippen molar-refractivity contribution in [3.05, 3.63) is 64.1 Å². The van der Waals surface area contributed by atoms with Crippen LogP contribution in [-0.4, -0.2) is 49.0 Å². The number of imidazole rings is 1. The first-order valence-corrected chi connectivity index (χ1v) is 11.3. The number of para-hydroxylation sites is 1. The number of oxazole rings is 1. The number of nitrogens with zero attached hydrogens (tertiary/aromatic N) is 4. The second kappa shape index (κ2) is 8.20. The molecule has 1 aliphatic heterocycles. The molecule has 12 heteroatoms. The molecule has 0 unspecified atom stereocenters. The number of amides is 1. The Morgan fingerprint density at radius 2 is 2.18 bits per heavy atom. The van der Waals surface area contributed by atoms with E-state index in [2.05, 4.69) is 19.9 Å². The molecule has 5 rings (SSSR count). The van der Waals surface area contributed by atoms with Crippen molar-refractivity contribution < 1.29 is 27.5 Å². The van der Waals surface area contributed by atoms with Crippen LogP contribution in [0.25, 0.3) is 10.2 Å². The van der Waals surface area contributed by atoms with Crippen molar-refractivity contribution in [1.82, 2.24) is 24.8 Å². The van der Waals surface area contributed by atoms with Crippen LogP contribution in [0.1, 0.15) is 64.8 Å². The van der Waals surface area contributed by atoms with Crippen molar-refractivity contribution >= 4 is 27.5 Å². The topological polar surface area (TPSA) is 108 Å². The van der Waals surface area contributed by atoms with Crippen molar-refractivity contribution in [2.75, 3.05) is 13.2 Å². The van der Waals surface area contributed by atoms with Gasteiger partial charge in [0, 0.05) is 18.7 Å². The number of hydrogen-bond donors (Lipinski definition) is 2. The van der Waals surface area contributed by atoms with Gasteiger partial charge in [0.15, 0.2) is 5.69 Å². The van der Waals surface area contributed by atoms with E-state index in [9.17, 15) is 23.1 Å². The number of aromatic nitrogens is 4. The molecule has 0 spiro atoms. The van der Waals surface area contributed by atoms with Crippen molar-refractivity contribution in [2.24, 2.45) is 0 Å². The minimum absolute atomic E-state index is 0.162. The molecular formula is C22H20F3N5O3S. The standard InChI is InChI=1S/C22H20F3N5O3S/c1-22(2,8-31)21-29-15(18(24)25)17(33-21)20(32)30-7-6-11-14(27-9-26-11)16(30)19-28-13-10(23)4-3-5-12(13)34-19/h3-5,9,16,18,31H,6-8H2,1-2H3,(H,26,27)/t16-/m0/s1. The molecule has 4 heterocycles. The van der Waals surface area contributed by atoms with Crippen LogP contribution in [-0.2, 0) is 11.8 Å². The molecule has 0 aliphatic carbocycles. The highest BCUT2D eigenvalue weighted by atomic mass is 32.1. The third kappa shape index (κ3) is 3.57. The number of carbonyl (C=O) groups excluding carboxylic acids is 1.